The highest BCUT2D eigenvalue weighted by molar-refractivity contribution is 5.57. The van der Waals surface area contributed by atoms with Crippen LogP contribution in [0.5, 0.6) is 0 Å². The molecule has 0 aromatic heterocycles. The summed E-state index contributed by atoms with van der Waals surface area (Å²) >= 11 is 0. The third-order valence-corrected chi connectivity index (χ3v) is 1.91. The van der Waals surface area contributed by atoms with Crippen molar-refractivity contribution >= 4 is 6.34 Å². The van der Waals surface area contributed by atoms with E-state index in [1.807, 2.05) is 0 Å². The summed E-state index contributed by atoms with van der Waals surface area (Å²) in [5.41, 5.74) is 0. The highest BCUT2D eigenvalue weighted by Gasteiger charge is 2.57. The largest absolute Gasteiger partial charge is 0.487 e. The maximum atomic E-state index is 12.5. The smallest absolute Gasteiger partial charge is 0.264 e. The van der Waals surface area contributed by atoms with Gasteiger partial charge in [0.15, 0.2) is 0 Å². The zero-order valence-corrected chi connectivity index (χ0v) is 8.18. The second kappa shape index (κ2) is 4.02. The molecule has 1 heterocycles. The van der Waals surface area contributed by atoms with Crippen molar-refractivity contribution < 1.29 is 26.3 Å². The number of nitrogens with zero attached hydrogens (tertiary/aromatic N) is 3. The lowest BCUT2D eigenvalue weighted by atomic mass is 10.4. The van der Waals surface area contributed by atoms with Crippen molar-refractivity contribution in [2.24, 2.45) is 5.10 Å². The lowest BCUT2D eigenvalue weighted by Gasteiger charge is -2.32. The topological polar surface area (TPSA) is 18.8 Å². The van der Waals surface area contributed by atoms with Gasteiger partial charge in [-0.25, -0.2) is 4.90 Å². The summed E-state index contributed by atoms with van der Waals surface area (Å²) in [7, 11) is 0. The van der Waals surface area contributed by atoms with Crippen LogP contribution in [0, 0.1) is 0 Å². The van der Waals surface area contributed by atoms with Crippen LogP contribution < -0.4 is 0 Å². The number of halogens is 6. The minimum atomic E-state index is -5.09. The van der Waals surface area contributed by atoms with Crippen LogP contribution in [0.1, 0.15) is 13.3 Å². The van der Waals surface area contributed by atoms with Crippen LogP contribution in [-0.4, -0.2) is 41.4 Å². The maximum absolute atomic E-state index is 12.5. The van der Waals surface area contributed by atoms with Crippen molar-refractivity contribution in [1.82, 2.24) is 9.91 Å². The van der Waals surface area contributed by atoms with E-state index in [0.717, 1.165) is 0 Å². The molecule has 0 saturated carbocycles. The lowest BCUT2D eigenvalue weighted by Crippen LogP contribution is -2.55. The quantitative estimate of drug-likeness (QED) is 0.552. The molecule has 1 rings (SSSR count). The summed E-state index contributed by atoms with van der Waals surface area (Å²) in [6.45, 7) is 1.37. The Balaban J connectivity index is 2.93. The highest BCUT2D eigenvalue weighted by Crippen LogP contribution is 2.36. The van der Waals surface area contributed by atoms with Gasteiger partial charge in [-0.2, -0.15) is 18.3 Å². The third-order valence-electron chi connectivity index (χ3n) is 1.91. The summed E-state index contributed by atoms with van der Waals surface area (Å²) in [5.74, 6) is 0. The first kappa shape index (κ1) is 12.9. The molecular weight excluding hydrogens is 240 g/mol. The van der Waals surface area contributed by atoms with Crippen molar-refractivity contribution in [3.63, 3.8) is 0 Å². The van der Waals surface area contributed by atoms with E-state index in [1.54, 1.807) is 6.92 Å². The van der Waals surface area contributed by atoms with Crippen LogP contribution in [0.4, 0.5) is 26.3 Å². The maximum Gasteiger partial charge on any atom is 0.487 e. The molecule has 3 nitrogen and oxygen atoms in total. The monoisotopic (exact) mass is 249 g/mol. The van der Waals surface area contributed by atoms with E-state index in [-0.39, 0.29) is 19.3 Å². The Labute approximate surface area is 87.3 Å². The average Bonchev–Trinajstić information content (AvgIpc) is 2.46. The molecule has 0 N–H and O–H groups in total. The normalized spacial score (nSPS) is 22.1. The Kier molecular flexibility index (Phi) is 3.25. The Morgan fingerprint density at radius 3 is 2.12 bits per heavy atom. The SMILES string of the molecule is CCCN1N=CN(C(F)(F)F)C1C(F)(F)F. The van der Waals surface area contributed by atoms with E-state index < -0.39 is 23.5 Å². The summed E-state index contributed by atoms with van der Waals surface area (Å²) in [6.07, 6.45) is -12.4. The van der Waals surface area contributed by atoms with E-state index in [1.165, 1.54) is 0 Å². The molecule has 1 aliphatic rings. The minimum absolute atomic E-state index is 0.161. The molecule has 0 saturated heterocycles. The number of hydrazone groups is 1. The molecular formula is C7H9F6N3. The third kappa shape index (κ3) is 2.50. The predicted molar refractivity (Wildman–Crippen MR) is 43.2 cm³/mol. The van der Waals surface area contributed by atoms with Crippen molar-refractivity contribution in [3.05, 3.63) is 0 Å². The Bertz CT molecular complexity index is 270. The first-order valence-corrected chi connectivity index (χ1v) is 4.40. The van der Waals surface area contributed by atoms with E-state index in [0.29, 0.717) is 5.01 Å². The second-order valence-corrected chi connectivity index (χ2v) is 3.18. The van der Waals surface area contributed by atoms with Crippen LogP contribution in [0.25, 0.3) is 0 Å². The molecule has 1 aliphatic heterocycles. The van der Waals surface area contributed by atoms with Crippen molar-refractivity contribution in [2.45, 2.75) is 32.0 Å². The fourth-order valence-electron chi connectivity index (χ4n) is 1.33. The summed E-state index contributed by atoms with van der Waals surface area (Å²) in [5, 5.41) is 3.50. The van der Waals surface area contributed by atoms with Crippen LogP contribution >= 0.6 is 0 Å². The van der Waals surface area contributed by atoms with Crippen molar-refractivity contribution in [3.8, 4) is 0 Å². The molecule has 0 amide bonds. The second-order valence-electron chi connectivity index (χ2n) is 3.18. The summed E-state index contributed by atoms with van der Waals surface area (Å²) < 4.78 is 74.1. The van der Waals surface area contributed by atoms with Gasteiger partial charge in [-0.05, 0) is 6.42 Å². The predicted octanol–water partition coefficient (Wildman–Crippen LogP) is 2.37. The molecule has 0 aliphatic carbocycles. The minimum Gasteiger partial charge on any atom is -0.264 e. The fraction of sp³-hybridized carbons (Fsp3) is 0.857. The Morgan fingerprint density at radius 1 is 1.19 bits per heavy atom. The molecule has 94 valence electrons. The van der Waals surface area contributed by atoms with Crippen molar-refractivity contribution in [2.75, 3.05) is 6.54 Å². The van der Waals surface area contributed by atoms with E-state index in [2.05, 4.69) is 5.10 Å². The van der Waals surface area contributed by atoms with Gasteiger partial charge < -0.3 is 0 Å². The highest BCUT2D eigenvalue weighted by atomic mass is 19.4. The molecule has 0 aromatic carbocycles. The molecule has 16 heavy (non-hydrogen) atoms. The first-order valence-electron chi connectivity index (χ1n) is 4.40. The van der Waals surface area contributed by atoms with Crippen LogP contribution in [0.3, 0.4) is 0 Å². The van der Waals surface area contributed by atoms with Gasteiger partial charge in [0.1, 0.15) is 6.34 Å². The van der Waals surface area contributed by atoms with E-state index in [9.17, 15) is 26.3 Å². The summed E-state index contributed by atoms with van der Waals surface area (Å²) in [4.78, 5) is -0.747. The van der Waals surface area contributed by atoms with E-state index in [4.69, 9.17) is 0 Å². The number of hydrogen-bond donors (Lipinski definition) is 0. The summed E-state index contributed by atoms with van der Waals surface area (Å²) in [6, 6.07) is 0. The Hall–Kier alpha value is -1.15. The molecule has 0 aromatic rings. The molecule has 0 spiro atoms. The van der Waals surface area contributed by atoms with Gasteiger partial charge in [-0.1, -0.05) is 6.92 Å². The fourth-order valence-corrected chi connectivity index (χ4v) is 1.33. The molecule has 0 radical (unpaired) electrons. The molecule has 0 bridgehead atoms. The standard InChI is InChI=1S/C7H9F6N3/c1-2-3-16-5(6(8,9)10)15(4-14-16)7(11,12)13/h4-5H,2-3H2,1H3. The Morgan fingerprint density at radius 2 is 1.75 bits per heavy atom. The van der Waals surface area contributed by atoms with Crippen LogP contribution in [0.15, 0.2) is 5.10 Å². The van der Waals surface area contributed by atoms with Gasteiger partial charge in [0, 0.05) is 6.54 Å². The van der Waals surface area contributed by atoms with Gasteiger partial charge >= 0.3 is 12.5 Å². The molecule has 1 atom stereocenters. The number of alkyl halides is 6. The number of rotatable bonds is 2. The lowest BCUT2D eigenvalue weighted by molar-refractivity contribution is -0.291. The van der Waals surface area contributed by atoms with Gasteiger partial charge in [-0.3, -0.25) is 5.01 Å². The van der Waals surface area contributed by atoms with Gasteiger partial charge in [-0.15, -0.1) is 13.2 Å². The van der Waals surface area contributed by atoms with Crippen LogP contribution in [0.2, 0.25) is 0 Å². The molecule has 9 heteroatoms. The van der Waals surface area contributed by atoms with Gasteiger partial charge in [0.05, 0.1) is 0 Å². The van der Waals surface area contributed by atoms with E-state index >= 15 is 0 Å². The zero-order valence-electron chi connectivity index (χ0n) is 8.18. The number of hydrogen-bond acceptors (Lipinski definition) is 3. The zero-order chi connectivity index (χ0) is 12.6. The van der Waals surface area contributed by atoms with Crippen LogP contribution in [-0.2, 0) is 0 Å². The first-order chi connectivity index (χ1) is 7.18. The average molecular weight is 249 g/mol. The van der Waals surface area contributed by atoms with Crippen molar-refractivity contribution in [1.29, 1.82) is 0 Å². The molecule has 1 unspecified atom stereocenters. The van der Waals surface area contributed by atoms with Gasteiger partial charge in [0.25, 0.3) is 0 Å². The van der Waals surface area contributed by atoms with Gasteiger partial charge in [0.2, 0.25) is 6.17 Å². The molecule has 0 fully saturated rings.